The van der Waals surface area contributed by atoms with Crippen LogP contribution in [0.2, 0.25) is 0 Å². The molecule has 5 N–H and O–H groups in total. The Hall–Kier alpha value is -0.200. The maximum atomic E-state index is 9.65. The van der Waals surface area contributed by atoms with Crippen molar-refractivity contribution in [3.8, 4) is 0 Å². The number of rotatable bonds is 0. The molecule has 70 valence electrons. The zero-order valence-corrected chi connectivity index (χ0v) is 6.51. The fourth-order valence-electron chi connectivity index (χ4n) is 2.04. The molecule has 2 saturated heterocycles. The number of piperidine rings is 1. The van der Waals surface area contributed by atoms with Crippen LogP contribution in [0, 0.1) is 0 Å². The molecule has 2 heterocycles. The van der Waals surface area contributed by atoms with E-state index in [-0.39, 0.29) is 6.04 Å². The Morgan fingerprint density at radius 3 is 2.50 bits per heavy atom. The first kappa shape index (κ1) is 8.40. The smallest absolute Gasteiger partial charge is 0.145 e. The third kappa shape index (κ3) is 0.915. The van der Waals surface area contributed by atoms with Crippen LogP contribution in [0.25, 0.3) is 0 Å². The average Bonchev–Trinajstić information content (AvgIpc) is 2.41. The van der Waals surface area contributed by atoms with E-state index in [4.69, 9.17) is 0 Å². The van der Waals surface area contributed by atoms with Crippen molar-refractivity contribution in [1.82, 2.24) is 5.32 Å². The highest BCUT2D eigenvalue weighted by Gasteiger charge is 2.55. The molecule has 0 aromatic rings. The number of aliphatic hydroxyl groups is 4. The molecule has 0 radical (unpaired) electrons. The molecule has 0 aliphatic carbocycles. The topological polar surface area (TPSA) is 93.0 Å². The lowest BCUT2D eigenvalue weighted by molar-refractivity contribution is -0.186. The quantitative estimate of drug-likeness (QED) is 0.281. The summed E-state index contributed by atoms with van der Waals surface area (Å²) in [4.78, 5) is 0. The summed E-state index contributed by atoms with van der Waals surface area (Å²) in [5, 5.41) is 40.4. The van der Waals surface area contributed by atoms with Crippen LogP contribution in [0.3, 0.4) is 0 Å². The van der Waals surface area contributed by atoms with E-state index in [1.807, 2.05) is 0 Å². The van der Waals surface area contributed by atoms with Crippen LogP contribution in [0.1, 0.15) is 12.8 Å². The lowest BCUT2D eigenvalue weighted by Crippen LogP contribution is -2.67. The van der Waals surface area contributed by atoms with Gasteiger partial charge in [0.05, 0.1) is 6.10 Å². The highest BCUT2D eigenvalue weighted by Crippen LogP contribution is 2.34. The lowest BCUT2D eigenvalue weighted by Gasteiger charge is -2.40. The molecule has 12 heavy (non-hydrogen) atoms. The van der Waals surface area contributed by atoms with Gasteiger partial charge in [0.2, 0.25) is 0 Å². The predicted octanol–water partition coefficient (Wildman–Crippen LogP) is -2.48. The fourth-order valence-corrected chi connectivity index (χ4v) is 2.04. The summed E-state index contributed by atoms with van der Waals surface area (Å²) < 4.78 is 0. The summed E-state index contributed by atoms with van der Waals surface area (Å²) in [6, 6.07) is -0.298. The van der Waals surface area contributed by atoms with E-state index in [0.29, 0.717) is 12.8 Å². The first-order chi connectivity index (χ1) is 5.54. The molecule has 2 fully saturated rings. The number of fused-ring (bicyclic) bond motifs is 2. The summed E-state index contributed by atoms with van der Waals surface area (Å²) in [6.07, 6.45) is -2.59. The van der Waals surface area contributed by atoms with Gasteiger partial charge in [-0.25, -0.2) is 0 Å². The Morgan fingerprint density at radius 2 is 1.83 bits per heavy atom. The number of hydrogen-bond donors (Lipinski definition) is 5. The van der Waals surface area contributed by atoms with Crippen LogP contribution < -0.4 is 5.32 Å². The summed E-state index contributed by atoms with van der Waals surface area (Å²) in [5.41, 5.74) is -1.40. The van der Waals surface area contributed by atoms with Gasteiger partial charge in [-0.05, 0) is 12.8 Å². The van der Waals surface area contributed by atoms with Crippen molar-refractivity contribution < 1.29 is 20.4 Å². The second-order valence-electron chi connectivity index (χ2n) is 3.64. The normalized spacial score (nSPS) is 59.0. The van der Waals surface area contributed by atoms with Crippen LogP contribution in [-0.2, 0) is 0 Å². The van der Waals surface area contributed by atoms with Gasteiger partial charge >= 0.3 is 0 Å². The summed E-state index contributed by atoms with van der Waals surface area (Å²) in [7, 11) is 0. The van der Waals surface area contributed by atoms with Crippen molar-refractivity contribution >= 4 is 0 Å². The Bertz CT molecular complexity index is 200. The van der Waals surface area contributed by atoms with Crippen molar-refractivity contribution in [2.45, 2.75) is 42.9 Å². The van der Waals surface area contributed by atoms with Crippen LogP contribution in [0.5, 0.6) is 0 Å². The largest absolute Gasteiger partial charge is 0.389 e. The summed E-state index contributed by atoms with van der Waals surface area (Å²) in [6.45, 7) is 0. The first-order valence-electron chi connectivity index (χ1n) is 4.09. The van der Waals surface area contributed by atoms with E-state index in [1.165, 1.54) is 0 Å². The van der Waals surface area contributed by atoms with Gasteiger partial charge in [0.25, 0.3) is 0 Å². The Labute approximate surface area is 69.6 Å². The Balaban J connectivity index is 2.25. The molecule has 0 saturated carbocycles. The van der Waals surface area contributed by atoms with Gasteiger partial charge in [0.15, 0.2) is 0 Å². The monoisotopic (exact) mass is 175 g/mol. The van der Waals surface area contributed by atoms with Crippen molar-refractivity contribution in [3.05, 3.63) is 0 Å². The fraction of sp³-hybridized carbons (Fsp3) is 1.00. The molecule has 2 aliphatic heterocycles. The zero-order valence-electron chi connectivity index (χ0n) is 6.51. The maximum Gasteiger partial charge on any atom is 0.145 e. The van der Waals surface area contributed by atoms with Gasteiger partial charge in [-0.2, -0.15) is 0 Å². The molecule has 0 unspecified atom stereocenters. The molecule has 2 bridgehead atoms. The minimum atomic E-state index is -1.40. The number of hydrogen-bond acceptors (Lipinski definition) is 5. The van der Waals surface area contributed by atoms with Crippen LogP contribution in [0.4, 0.5) is 0 Å². The molecule has 0 amide bonds. The minimum Gasteiger partial charge on any atom is -0.389 e. The van der Waals surface area contributed by atoms with Crippen LogP contribution >= 0.6 is 0 Å². The molecule has 0 aromatic carbocycles. The van der Waals surface area contributed by atoms with E-state index in [1.54, 1.807) is 0 Å². The second-order valence-corrected chi connectivity index (χ2v) is 3.64. The molecule has 5 atom stereocenters. The Kier molecular flexibility index (Phi) is 1.68. The molecule has 0 spiro atoms. The highest BCUT2D eigenvalue weighted by molar-refractivity contribution is 5.07. The molecule has 0 aromatic heterocycles. The maximum absolute atomic E-state index is 9.65. The molecular formula is C7H13NO4. The van der Waals surface area contributed by atoms with Gasteiger partial charge < -0.3 is 20.4 Å². The lowest BCUT2D eigenvalue weighted by atomic mass is 9.94. The van der Waals surface area contributed by atoms with Gasteiger partial charge in [0.1, 0.15) is 17.9 Å². The SMILES string of the molecule is O[C@H]1[C@H](O)[C@H](O)[C@@]2(O)CC[C@@H]1N2. The van der Waals surface area contributed by atoms with E-state index < -0.39 is 24.0 Å². The minimum absolute atomic E-state index is 0.298. The van der Waals surface area contributed by atoms with E-state index in [2.05, 4.69) is 5.32 Å². The summed E-state index contributed by atoms with van der Waals surface area (Å²) in [5.74, 6) is 0. The average molecular weight is 175 g/mol. The van der Waals surface area contributed by atoms with Crippen molar-refractivity contribution in [1.29, 1.82) is 0 Å². The van der Waals surface area contributed by atoms with Crippen molar-refractivity contribution in [2.24, 2.45) is 0 Å². The molecule has 5 heteroatoms. The summed E-state index contributed by atoms with van der Waals surface area (Å²) >= 11 is 0. The van der Waals surface area contributed by atoms with Gasteiger partial charge in [-0.15, -0.1) is 0 Å². The van der Waals surface area contributed by atoms with E-state index in [0.717, 1.165) is 0 Å². The van der Waals surface area contributed by atoms with Gasteiger partial charge in [-0.1, -0.05) is 0 Å². The second kappa shape index (κ2) is 2.40. The predicted molar refractivity (Wildman–Crippen MR) is 39.1 cm³/mol. The number of nitrogens with one attached hydrogen (secondary N) is 1. The molecule has 2 rings (SSSR count). The highest BCUT2D eigenvalue weighted by atomic mass is 16.4. The van der Waals surface area contributed by atoms with Crippen LogP contribution in [0.15, 0.2) is 0 Å². The number of aliphatic hydroxyl groups excluding tert-OH is 3. The molecule has 5 nitrogen and oxygen atoms in total. The van der Waals surface area contributed by atoms with Gasteiger partial charge in [-0.3, -0.25) is 5.32 Å². The third-order valence-corrected chi connectivity index (χ3v) is 2.85. The third-order valence-electron chi connectivity index (χ3n) is 2.85. The standard InChI is InChI=1S/C7H13NO4/c9-4-3-1-2-7(12,8-3)6(11)5(4)10/h3-6,8-12H,1-2H2/t3-,4+,5-,6-,7-/m0/s1. The van der Waals surface area contributed by atoms with Gasteiger partial charge in [0, 0.05) is 6.04 Å². The molecular weight excluding hydrogens is 162 g/mol. The first-order valence-corrected chi connectivity index (χ1v) is 4.09. The van der Waals surface area contributed by atoms with Crippen LogP contribution in [-0.4, -0.2) is 50.5 Å². The van der Waals surface area contributed by atoms with E-state index >= 15 is 0 Å². The van der Waals surface area contributed by atoms with Crippen molar-refractivity contribution in [3.63, 3.8) is 0 Å². The van der Waals surface area contributed by atoms with E-state index in [9.17, 15) is 20.4 Å². The van der Waals surface area contributed by atoms with Crippen molar-refractivity contribution in [2.75, 3.05) is 0 Å². The zero-order chi connectivity index (χ0) is 8.93. The molecule has 2 aliphatic rings. The Morgan fingerprint density at radius 1 is 1.17 bits per heavy atom.